The van der Waals surface area contributed by atoms with Crippen LogP contribution in [0.15, 0.2) is 16.6 Å². The molecule has 0 N–H and O–H groups in total. The fourth-order valence-electron chi connectivity index (χ4n) is 5.57. The molecule has 2 aliphatic rings. The maximum atomic E-state index is 7.22. The summed E-state index contributed by atoms with van der Waals surface area (Å²) in [5.74, 6) is 1.01. The Labute approximate surface area is 201 Å². The first-order valence-corrected chi connectivity index (χ1v) is 16.2. The Hall–Kier alpha value is -0.323. The van der Waals surface area contributed by atoms with Crippen LogP contribution in [0.4, 0.5) is 0 Å². The molecule has 0 aliphatic heterocycles. The summed E-state index contributed by atoms with van der Waals surface area (Å²) < 4.78 is 14.6. The predicted molar refractivity (Wildman–Crippen MR) is 139 cm³/mol. The largest absolute Gasteiger partial charge is 0.492 e. The van der Waals surface area contributed by atoms with Crippen LogP contribution in [-0.2, 0) is 15.3 Å². The fraction of sp³-hybridized carbons (Fsp3) is 0.778. The zero-order valence-corrected chi connectivity index (χ0v) is 23.9. The molecule has 4 heteroatoms. The molecule has 31 heavy (non-hydrogen) atoms. The predicted octanol–water partition coefficient (Wildman–Crippen LogP) is 8.90. The molecular formula is C27H45BrO2Si. The van der Waals surface area contributed by atoms with Gasteiger partial charge in [-0.25, -0.2) is 0 Å². The minimum absolute atomic E-state index is 0.0673. The number of benzene rings is 1. The second-order valence-electron chi connectivity index (χ2n) is 12.0. The molecule has 2 bridgehead atoms. The van der Waals surface area contributed by atoms with Crippen molar-refractivity contribution in [2.24, 2.45) is 0 Å². The number of rotatable bonds is 9. The lowest BCUT2D eigenvalue weighted by Gasteiger charge is -2.50. The molecule has 1 saturated carbocycles. The highest BCUT2D eigenvalue weighted by atomic mass is 79.9. The molecule has 2 nitrogen and oxygen atoms in total. The first-order chi connectivity index (χ1) is 14.4. The quantitative estimate of drug-likeness (QED) is 0.244. The van der Waals surface area contributed by atoms with Crippen LogP contribution in [0.3, 0.4) is 0 Å². The lowest BCUT2D eigenvalue weighted by Crippen LogP contribution is -2.55. The molecule has 0 heterocycles. The summed E-state index contributed by atoms with van der Waals surface area (Å²) in [5, 5.41) is 0.218. The van der Waals surface area contributed by atoms with Gasteiger partial charge in [-0.1, -0.05) is 73.6 Å². The Kier molecular flexibility index (Phi) is 7.46. The normalized spacial score (nSPS) is 28.0. The third-order valence-electron chi connectivity index (χ3n) is 8.58. The second-order valence-corrected chi connectivity index (χ2v) is 17.6. The van der Waals surface area contributed by atoms with E-state index in [2.05, 4.69) is 82.7 Å². The molecule has 0 radical (unpaired) electrons. The summed E-state index contributed by atoms with van der Waals surface area (Å²) in [4.78, 5) is 0. The molecule has 3 rings (SSSR count). The van der Waals surface area contributed by atoms with Crippen LogP contribution in [-0.4, -0.2) is 21.0 Å². The van der Waals surface area contributed by atoms with Crippen LogP contribution in [0, 0.1) is 0 Å². The Morgan fingerprint density at radius 2 is 1.58 bits per heavy atom. The number of fused-ring (bicyclic) bond motifs is 5. The van der Waals surface area contributed by atoms with Gasteiger partial charge in [0.25, 0.3) is 0 Å². The van der Waals surface area contributed by atoms with E-state index in [0.717, 1.165) is 23.2 Å². The van der Waals surface area contributed by atoms with Crippen LogP contribution < -0.4 is 4.74 Å². The van der Waals surface area contributed by atoms with Crippen molar-refractivity contribution in [3.05, 3.63) is 27.7 Å². The zero-order chi connectivity index (χ0) is 23.1. The van der Waals surface area contributed by atoms with Crippen LogP contribution in [0.5, 0.6) is 5.75 Å². The lowest BCUT2D eigenvalue weighted by atomic mass is 9.66. The van der Waals surface area contributed by atoms with Gasteiger partial charge in [-0.05, 0) is 76.6 Å². The van der Waals surface area contributed by atoms with E-state index >= 15 is 0 Å². The van der Waals surface area contributed by atoms with Gasteiger partial charge in [-0.15, -0.1) is 0 Å². The molecule has 2 aliphatic carbocycles. The zero-order valence-electron chi connectivity index (χ0n) is 21.3. The van der Waals surface area contributed by atoms with Crippen molar-refractivity contribution in [3.63, 3.8) is 0 Å². The van der Waals surface area contributed by atoms with Crippen molar-refractivity contribution in [2.75, 3.05) is 6.61 Å². The molecule has 1 aromatic rings. The first kappa shape index (κ1) is 25.3. The highest BCUT2D eigenvalue weighted by molar-refractivity contribution is 9.10. The van der Waals surface area contributed by atoms with Gasteiger partial charge in [0.05, 0.1) is 17.2 Å². The molecule has 0 saturated heterocycles. The van der Waals surface area contributed by atoms with Gasteiger partial charge in [0, 0.05) is 10.8 Å². The third-order valence-corrected chi connectivity index (χ3v) is 13.6. The standard InChI is InChI=1S/C27H45BrO2Si/c1-9-10-11-12-13-17-29-23-19-21-20(18-22(23)28)26(5)15-14-16-27(21,6)24(26)30-31(7,8)25(2,3)4/h18-19,24H,9-17H2,1-8H3. The van der Waals surface area contributed by atoms with E-state index in [9.17, 15) is 0 Å². The van der Waals surface area contributed by atoms with Gasteiger partial charge in [-0.3, -0.25) is 0 Å². The van der Waals surface area contributed by atoms with Crippen molar-refractivity contribution in [3.8, 4) is 5.75 Å². The highest BCUT2D eigenvalue weighted by Crippen LogP contribution is 2.61. The summed E-state index contributed by atoms with van der Waals surface area (Å²) in [6.07, 6.45) is 10.2. The van der Waals surface area contributed by atoms with Crippen molar-refractivity contribution >= 4 is 24.2 Å². The number of unbranched alkanes of at least 4 members (excludes halogenated alkanes) is 4. The van der Waals surface area contributed by atoms with E-state index in [4.69, 9.17) is 9.16 Å². The number of hydrogen-bond donors (Lipinski definition) is 0. The molecular weight excluding hydrogens is 464 g/mol. The first-order valence-electron chi connectivity index (χ1n) is 12.5. The molecule has 1 fully saturated rings. The summed E-state index contributed by atoms with van der Waals surface area (Å²) in [7, 11) is -1.88. The maximum absolute atomic E-state index is 7.22. The smallest absolute Gasteiger partial charge is 0.192 e. The van der Waals surface area contributed by atoms with Crippen molar-refractivity contribution in [1.82, 2.24) is 0 Å². The Morgan fingerprint density at radius 3 is 2.16 bits per heavy atom. The Balaban J connectivity index is 1.87. The van der Waals surface area contributed by atoms with Crippen molar-refractivity contribution in [1.29, 1.82) is 0 Å². The molecule has 3 unspecified atom stereocenters. The summed E-state index contributed by atoms with van der Waals surface area (Å²) >= 11 is 3.84. The highest BCUT2D eigenvalue weighted by Gasteiger charge is 2.60. The van der Waals surface area contributed by atoms with Gasteiger partial charge >= 0.3 is 0 Å². The minimum atomic E-state index is -1.88. The van der Waals surface area contributed by atoms with Gasteiger partial charge in [0.15, 0.2) is 8.32 Å². The van der Waals surface area contributed by atoms with Crippen molar-refractivity contribution in [2.45, 2.75) is 128 Å². The molecule has 176 valence electrons. The third kappa shape index (κ3) is 4.68. The number of halogens is 1. The average molecular weight is 510 g/mol. The van der Waals surface area contributed by atoms with E-state index < -0.39 is 8.32 Å². The number of hydrogen-bond acceptors (Lipinski definition) is 2. The summed E-state index contributed by atoms with van der Waals surface area (Å²) in [6, 6.07) is 4.71. The lowest BCUT2D eigenvalue weighted by molar-refractivity contribution is 0.0182. The fourth-order valence-corrected chi connectivity index (χ4v) is 7.49. The van der Waals surface area contributed by atoms with E-state index in [1.165, 1.54) is 56.1 Å². The molecule has 3 atom stereocenters. The van der Waals surface area contributed by atoms with Crippen molar-refractivity contribution < 1.29 is 9.16 Å². The van der Waals surface area contributed by atoms with Crippen LogP contribution in [0.1, 0.15) is 104 Å². The summed E-state index contributed by atoms with van der Waals surface area (Å²) in [6.45, 7) is 19.8. The van der Waals surface area contributed by atoms with Crippen LogP contribution >= 0.6 is 15.9 Å². The van der Waals surface area contributed by atoms with E-state index in [-0.39, 0.29) is 22.0 Å². The van der Waals surface area contributed by atoms with Gasteiger partial charge in [-0.2, -0.15) is 0 Å². The minimum Gasteiger partial charge on any atom is -0.492 e. The molecule has 0 amide bonds. The van der Waals surface area contributed by atoms with Gasteiger partial charge in [0.2, 0.25) is 0 Å². The van der Waals surface area contributed by atoms with Gasteiger partial charge in [0.1, 0.15) is 5.75 Å². The Morgan fingerprint density at radius 1 is 1.00 bits per heavy atom. The molecule has 1 aromatic carbocycles. The summed E-state index contributed by atoms with van der Waals surface area (Å²) in [5.41, 5.74) is 3.11. The Bertz CT molecular complexity index is 784. The van der Waals surface area contributed by atoms with E-state index in [1.807, 2.05) is 0 Å². The maximum Gasteiger partial charge on any atom is 0.192 e. The van der Waals surface area contributed by atoms with Crippen LogP contribution in [0.2, 0.25) is 18.1 Å². The van der Waals surface area contributed by atoms with E-state index in [0.29, 0.717) is 0 Å². The SMILES string of the molecule is CCCCCCCOc1cc2c(cc1Br)C1(C)CCCC2(C)C1O[Si](C)(C)C(C)(C)C. The molecule has 0 aromatic heterocycles. The second kappa shape index (κ2) is 9.14. The van der Waals surface area contributed by atoms with E-state index in [1.54, 1.807) is 0 Å². The number of ether oxygens (including phenoxy) is 1. The topological polar surface area (TPSA) is 18.5 Å². The van der Waals surface area contributed by atoms with Crippen LogP contribution in [0.25, 0.3) is 0 Å². The monoisotopic (exact) mass is 508 g/mol. The molecule has 0 spiro atoms. The van der Waals surface area contributed by atoms with Gasteiger partial charge < -0.3 is 9.16 Å². The average Bonchev–Trinajstić information content (AvgIpc) is 2.75.